The Morgan fingerprint density at radius 2 is 1.69 bits per heavy atom. The molecule has 0 aromatic heterocycles. The van der Waals surface area contributed by atoms with Crippen LogP contribution in [-0.4, -0.2) is 38.1 Å². The van der Waals surface area contributed by atoms with E-state index in [9.17, 15) is 9.59 Å². The van der Waals surface area contributed by atoms with Crippen molar-refractivity contribution in [1.29, 1.82) is 0 Å². The van der Waals surface area contributed by atoms with E-state index in [1.165, 1.54) is 0 Å². The molecule has 6 heteroatoms. The van der Waals surface area contributed by atoms with Gasteiger partial charge in [-0.15, -0.1) is 0 Å². The second kappa shape index (κ2) is 9.96. The van der Waals surface area contributed by atoms with Crippen LogP contribution in [-0.2, 0) is 10.2 Å². The topological polar surface area (TPSA) is 76.7 Å². The first kappa shape index (κ1) is 22.3. The van der Waals surface area contributed by atoms with Crippen molar-refractivity contribution in [3.05, 3.63) is 59.7 Å². The third-order valence-corrected chi connectivity index (χ3v) is 4.47. The molecule has 0 spiro atoms. The standard InChI is InChI=1S/C23H30N2O4/c1-16(25-22(27)17-9-11-18(12-10-17)23(2,3)4)21(26)24-13-14-29-20-8-6-7-19(15-20)28-5/h6-12,15-16H,13-14H2,1-5H3,(H,24,26)(H,25,27). The van der Waals surface area contributed by atoms with Gasteiger partial charge in [-0.1, -0.05) is 39.0 Å². The Kier molecular flexibility index (Phi) is 7.65. The van der Waals surface area contributed by atoms with Crippen molar-refractivity contribution in [2.45, 2.75) is 39.2 Å². The average molecular weight is 399 g/mol. The van der Waals surface area contributed by atoms with Crippen LogP contribution in [0.5, 0.6) is 11.5 Å². The predicted molar refractivity (Wildman–Crippen MR) is 114 cm³/mol. The van der Waals surface area contributed by atoms with Gasteiger partial charge in [-0.05, 0) is 42.2 Å². The van der Waals surface area contributed by atoms with Gasteiger partial charge < -0.3 is 20.1 Å². The smallest absolute Gasteiger partial charge is 0.251 e. The van der Waals surface area contributed by atoms with Gasteiger partial charge >= 0.3 is 0 Å². The van der Waals surface area contributed by atoms with Gasteiger partial charge in [0.25, 0.3) is 5.91 Å². The Hall–Kier alpha value is -3.02. The number of carbonyl (C=O) groups excluding carboxylic acids is 2. The van der Waals surface area contributed by atoms with E-state index in [4.69, 9.17) is 9.47 Å². The van der Waals surface area contributed by atoms with Crippen molar-refractivity contribution < 1.29 is 19.1 Å². The number of amides is 2. The number of carbonyl (C=O) groups is 2. The fourth-order valence-electron chi connectivity index (χ4n) is 2.65. The van der Waals surface area contributed by atoms with Crippen molar-refractivity contribution in [3.63, 3.8) is 0 Å². The molecule has 156 valence electrons. The number of benzene rings is 2. The maximum atomic E-state index is 12.4. The van der Waals surface area contributed by atoms with E-state index in [-0.39, 0.29) is 17.2 Å². The zero-order valence-electron chi connectivity index (χ0n) is 17.7. The van der Waals surface area contributed by atoms with Crippen LogP contribution >= 0.6 is 0 Å². The molecular weight excluding hydrogens is 368 g/mol. The average Bonchev–Trinajstić information content (AvgIpc) is 2.70. The zero-order valence-corrected chi connectivity index (χ0v) is 17.7. The fraction of sp³-hybridized carbons (Fsp3) is 0.391. The van der Waals surface area contributed by atoms with Gasteiger partial charge in [0.15, 0.2) is 0 Å². The lowest BCUT2D eigenvalue weighted by atomic mass is 9.86. The van der Waals surface area contributed by atoms with Crippen molar-refractivity contribution in [2.75, 3.05) is 20.3 Å². The first-order chi connectivity index (χ1) is 13.7. The first-order valence-corrected chi connectivity index (χ1v) is 9.66. The Bertz CT molecular complexity index is 826. The van der Waals surface area contributed by atoms with Crippen LogP contribution in [0.1, 0.15) is 43.6 Å². The number of ether oxygens (including phenoxy) is 2. The molecule has 1 unspecified atom stereocenters. The largest absolute Gasteiger partial charge is 0.497 e. The summed E-state index contributed by atoms with van der Waals surface area (Å²) in [6.07, 6.45) is 0. The normalized spacial score (nSPS) is 12.0. The molecule has 0 aliphatic rings. The summed E-state index contributed by atoms with van der Waals surface area (Å²) in [5.74, 6) is 0.830. The predicted octanol–water partition coefficient (Wildman–Crippen LogP) is 3.31. The van der Waals surface area contributed by atoms with E-state index in [2.05, 4.69) is 31.4 Å². The minimum atomic E-state index is -0.651. The highest BCUT2D eigenvalue weighted by molar-refractivity contribution is 5.97. The van der Waals surface area contributed by atoms with Crippen LogP contribution in [0.2, 0.25) is 0 Å². The van der Waals surface area contributed by atoms with E-state index in [1.807, 2.05) is 30.3 Å². The minimum Gasteiger partial charge on any atom is -0.497 e. The van der Waals surface area contributed by atoms with Gasteiger partial charge in [0.1, 0.15) is 24.1 Å². The Balaban J connectivity index is 1.77. The highest BCUT2D eigenvalue weighted by Crippen LogP contribution is 2.22. The van der Waals surface area contributed by atoms with Crippen LogP contribution in [0, 0.1) is 0 Å². The quantitative estimate of drug-likeness (QED) is 0.669. The molecular formula is C23H30N2O4. The maximum absolute atomic E-state index is 12.4. The van der Waals surface area contributed by atoms with Crippen LogP contribution in [0.3, 0.4) is 0 Å². The lowest BCUT2D eigenvalue weighted by Crippen LogP contribution is -2.45. The van der Waals surface area contributed by atoms with E-state index < -0.39 is 6.04 Å². The van der Waals surface area contributed by atoms with Crippen molar-refractivity contribution in [2.24, 2.45) is 0 Å². The van der Waals surface area contributed by atoms with Gasteiger partial charge in [-0.2, -0.15) is 0 Å². The molecule has 0 heterocycles. The van der Waals surface area contributed by atoms with Gasteiger partial charge in [-0.25, -0.2) is 0 Å². The number of nitrogens with one attached hydrogen (secondary N) is 2. The highest BCUT2D eigenvalue weighted by atomic mass is 16.5. The van der Waals surface area contributed by atoms with Gasteiger partial charge in [0.05, 0.1) is 13.7 Å². The third-order valence-electron chi connectivity index (χ3n) is 4.47. The Morgan fingerprint density at radius 1 is 1.03 bits per heavy atom. The van der Waals surface area contributed by atoms with E-state index in [0.717, 1.165) is 5.56 Å². The molecule has 0 saturated carbocycles. The van der Waals surface area contributed by atoms with E-state index >= 15 is 0 Å². The zero-order chi connectivity index (χ0) is 21.4. The van der Waals surface area contributed by atoms with Crippen LogP contribution in [0.4, 0.5) is 0 Å². The highest BCUT2D eigenvalue weighted by Gasteiger charge is 2.18. The number of hydrogen-bond donors (Lipinski definition) is 2. The molecule has 0 saturated heterocycles. The molecule has 2 aromatic carbocycles. The summed E-state index contributed by atoms with van der Waals surface area (Å²) in [6, 6.07) is 14.0. The van der Waals surface area contributed by atoms with Gasteiger partial charge in [0, 0.05) is 11.6 Å². The fourth-order valence-corrected chi connectivity index (χ4v) is 2.65. The minimum absolute atomic E-state index is 0.0230. The lowest BCUT2D eigenvalue weighted by molar-refractivity contribution is -0.122. The third kappa shape index (κ3) is 6.82. The first-order valence-electron chi connectivity index (χ1n) is 9.66. The molecule has 0 radical (unpaired) electrons. The lowest BCUT2D eigenvalue weighted by Gasteiger charge is -2.19. The monoisotopic (exact) mass is 398 g/mol. The maximum Gasteiger partial charge on any atom is 0.251 e. The molecule has 0 fully saturated rings. The second-order valence-electron chi connectivity index (χ2n) is 7.84. The summed E-state index contributed by atoms with van der Waals surface area (Å²) in [7, 11) is 1.59. The summed E-state index contributed by atoms with van der Waals surface area (Å²) >= 11 is 0. The molecule has 0 aliphatic heterocycles. The van der Waals surface area contributed by atoms with Crippen molar-refractivity contribution in [1.82, 2.24) is 10.6 Å². The number of methoxy groups -OCH3 is 1. The summed E-state index contributed by atoms with van der Waals surface area (Å²) in [5, 5.41) is 5.48. The molecule has 6 nitrogen and oxygen atoms in total. The van der Waals surface area contributed by atoms with Gasteiger partial charge in [0.2, 0.25) is 5.91 Å². The number of hydrogen-bond acceptors (Lipinski definition) is 4. The van der Waals surface area contributed by atoms with Crippen molar-refractivity contribution in [3.8, 4) is 11.5 Å². The molecule has 2 rings (SSSR count). The Morgan fingerprint density at radius 3 is 2.31 bits per heavy atom. The second-order valence-corrected chi connectivity index (χ2v) is 7.84. The van der Waals surface area contributed by atoms with Gasteiger partial charge in [-0.3, -0.25) is 9.59 Å². The van der Waals surface area contributed by atoms with Crippen LogP contribution in [0.15, 0.2) is 48.5 Å². The van der Waals surface area contributed by atoms with E-state index in [0.29, 0.717) is 30.2 Å². The van der Waals surface area contributed by atoms with Crippen LogP contribution in [0.25, 0.3) is 0 Å². The molecule has 0 bridgehead atoms. The summed E-state index contributed by atoms with van der Waals surface area (Å²) < 4.78 is 10.7. The molecule has 29 heavy (non-hydrogen) atoms. The molecule has 0 aliphatic carbocycles. The summed E-state index contributed by atoms with van der Waals surface area (Å²) in [6.45, 7) is 8.65. The SMILES string of the molecule is COc1cccc(OCCNC(=O)C(C)NC(=O)c2ccc(C(C)(C)C)cc2)c1. The summed E-state index contributed by atoms with van der Waals surface area (Å²) in [4.78, 5) is 24.6. The molecule has 2 amide bonds. The Labute approximate surface area is 172 Å². The summed E-state index contributed by atoms with van der Waals surface area (Å²) in [5.41, 5.74) is 1.70. The van der Waals surface area contributed by atoms with Crippen LogP contribution < -0.4 is 20.1 Å². The van der Waals surface area contributed by atoms with Crippen molar-refractivity contribution >= 4 is 11.8 Å². The molecule has 2 aromatic rings. The number of rotatable bonds is 8. The molecule has 2 N–H and O–H groups in total. The van der Waals surface area contributed by atoms with E-state index in [1.54, 1.807) is 32.2 Å². The molecule has 1 atom stereocenters.